The Hall–Kier alpha value is -5.44. The lowest BCUT2D eigenvalue weighted by Gasteiger charge is -2.27. The number of amides is 2. The lowest BCUT2D eigenvalue weighted by atomic mass is 9.85. The summed E-state index contributed by atoms with van der Waals surface area (Å²) in [6.07, 6.45) is -18.6. The van der Waals surface area contributed by atoms with Crippen LogP contribution in [0, 0.1) is 0 Å². The number of ether oxygens (including phenoxy) is 1. The molecule has 3 atom stereocenters. The summed E-state index contributed by atoms with van der Waals surface area (Å²) in [7, 11) is 0. The quantitative estimate of drug-likeness (QED) is 0.155. The van der Waals surface area contributed by atoms with E-state index in [2.05, 4.69) is 25.5 Å². The Kier molecular flexibility index (Phi) is 9.82. The molecular weight excluding hydrogens is 692 g/mol. The number of nitrogens with zero attached hydrogens (tertiary/aromatic N) is 3. The maximum Gasteiger partial charge on any atom is 0.491 e. The van der Waals surface area contributed by atoms with E-state index in [-0.39, 0.29) is 59.4 Å². The minimum absolute atomic E-state index is 0.0189. The average molecular weight is 713 g/mol. The number of carbonyl (C=O) groups is 4. The van der Waals surface area contributed by atoms with Gasteiger partial charge < -0.3 is 26.8 Å². The Morgan fingerprint density at radius 2 is 1.57 bits per heavy atom. The number of benzene rings is 2. The largest absolute Gasteiger partial charge is 0.491 e. The second-order valence-corrected chi connectivity index (χ2v) is 10.5. The number of nitrogens with two attached hydrogens (primary N) is 2. The zero-order valence-corrected chi connectivity index (χ0v) is 24.1. The van der Waals surface area contributed by atoms with E-state index < -0.39 is 83.5 Å². The highest BCUT2D eigenvalue weighted by molar-refractivity contribution is 6.07. The third-order valence-corrected chi connectivity index (χ3v) is 6.99. The highest BCUT2D eigenvalue weighted by Gasteiger charge is 2.44. The van der Waals surface area contributed by atoms with Crippen molar-refractivity contribution >= 4 is 46.3 Å². The van der Waals surface area contributed by atoms with Crippen LogP contribution in [-0.4, -0.2) is 64.9 Å². The Balaban J connectivity index is 1.95. The molecule has 1 aromatic heterocycles. The fourth-order valence-corrected chi connectivity index (χ4v) is 4.82. The Morgan fingerprint density at radius 3 is 2.06 bits per heavy atom. The van der Waals surface area contributed by atoms with Crippen molar-refractivity contribution in [2.75, 3.05) is 18.4 Å². The summed E-state index contributed by atoms with van der Waals surface area (Å²) < 4.78 is 139. The van der Waals surface area contributed by atoms with Crippen molar-refractivity contribution in [3.05, 3.63) is 58.8 Å². The monoisotopic (exact) mass is 713 g/mol. The third-order valence-electron chi connectivity index (χ3n) is 6.99. The first-order valence-electron chi connectivity index (χ1n) is 13.5. The van der Waals surface area contributed by atoms with E-state index >= 15 is 0 Å². The molecule has 4 rings (SSSR count). The van der Waals surface area contributed by atoms with Crippen LogP contribution in [0.4, 0.5) is 49.6 Å². The maximum absolute atomic E-state index is 13.8. The molecule has 49 heavy (non-hydrogen) atoms. The van der Waals surface area contributed by atoms with Gasteiger partial charge >= 0.3 is 30.5 Å². The summed E-state index contributed by atoms with van der Waals surface area (Å²) in [4.78, 5) is 53.0. The van der Waals surface area contributed by atoms with Gasteiger partial charge in [-0.05, 0) is 35.9 Å². The first-order valence-corrected chi connectivity index (χ1v) is 13.5. The van der Waals surface area contributed by atoms with Crippen LogP contribution in [0.2, 0.25) is 0 Å². The summed E-state index contributed by atoms with van der Waals surface area (Å²) >= 11 is 0. The molecular formula is C27H21F10N7O5. The second-order valence-electron chi connectivity index (χ2n) is 10.5. The molecule has 1 aliphatic heterocycles. The molecule has 0 aliphatic carbocycles. The van der Waals surface area contributed by atoms with Gasteiger partial charge in [-0.3, -0.25) is 19.1 Å². The molecule has 3 aromatic rings. The zero-order chi connectivity index (χ0) is 36.6. The Bertz CT molecular complexity index is 1800. The number of esters is 2. The summed E-state index contributed by atoms with van der Waals surface area (Å²) in [6, 6.07) is -0.278. The summed E-state index contributed by atoms with van der Waals surface area (Å²) in [5.41, 5.74) is 5.29. The number of anilines is 1. The molecule has 0 spiro atoms. The normalized spacial score (nSPS) is 16.7. The van der Waals surface area contributed by atoms with E-state index in [9.17, 15) is 63.1 Å². The van der Waals surface area contributed by atoms with Gasteiger partial charge in [0.1, 0.15) is 12.2 Å². The summed E-state index contributed by atoms with van der Waals surface area (Å²) in [6.45, 7) is -0.457. The van der Waals surface area contributed by atoms with Crippen LogP contribution in [0.5, 0.6) is 0 Å². The van der Waals surface area contributed by atoms with Gasteiger partial charge in [0.05, 0.1) is 48.0 Å². The number of fused-ring (bicyclic) bond motifs is 1. The van der Waals surface area contributed by atoms with Gasteiger partial charge in [-0.2, -0.15) is 44.6 Å². The number of halogens is 10. The molecule has 0 saturated carbocycles. The number of aromatic nitrogens is 2. The van der Waals surface area contributed by atoms with Crippen molar-refractivity contribution in [3.8, 4) is 0 Å². The van der Waals surface area contributed by atoms with Gasteiger partial charge in [-0.25, -0.2) is 14.2 Å². The highest BCUT2D eigenvalue weighted by Crippen LogP contribution is 2.42. The predicted octanol–water partition coefficient (Wildman–Crippen LogP) is 3.71. The van der Waals surface area contributed by atoms with Crippen molar-refractivity contribution in [3.63, 3.8) is 0 Å². The van der Waals surface area contributed by atoms with Crippen LogP contribution in [0.1, 0.15) is 45.4 Å². The number of hydrogen-bond donors (Lipinski definition) is 4. The highest BCUT2D eigenvalue weighted by atomic mass is 19.4. The Labute approximate surface area is 266 Å². The van der Waals surface area contributed by atoms with Gasteiger partial charge in [0.25, 0.3) is 0 Å². The zero-order valence-electron chi connectivity index (χ0n) is 24.1. The van der Waals surface area contributed by atoms with Gasteiger partial charge in [-0.1, -0.05) is 0 Å². The molecule has 22 heteroatoms. The number of guanidine groups is 1. The molecule has 2 aromatic carbocycles. The number of hydrogen-bond acceptors (Lipinski definition) is 9. The van der Waals surface area contributed by atoms with Crippen LogP contribution >= 0.6 is 0 Å². The first kappa shape index (κ1) is 36.4. The fraction of sp³-hybridized carbons (Fsp3) is 0.333. The van der Waals surface area contributed by atoms with Gasteiger partial charge in [0.2, 0.25) is 11.8 Å². The molecule has 1 aliphatic rings. The van der Waals surface area contributed by atoms with E-state index in [1.165, 1.54) is 0 Å². The SMILES string of the molecule is NC(=O)c1cc(NC2=NCC(F)CN2)c2cnn(C(C(N)=O)[C@@H](CC(=O)OC(=O)C(F)(F)F)c3cc(C(F)(F)F)cc(C(F)(F)F)c3)c2c1. The number of rotatable bonds is 8. The van der Waals surface area contributed by atoms with Gasteiger partial charge in [-0.15, -0.1) is 0 Å². The number of carbonyl (C=O) groups excluding carboxylic acids is 4. The smallest absolute Gasteiger partial charge is 0.386 e. The number of alkyl halides is 10. The number of primary amides is 2. The molecule has 12 nitrogen and oxygen atoms in total. The first-order chi connectivity index (χ1) is 22.6. The maximum atomic E-state index is 13.8. The van der Waals surface area contributed by atoms with Crippen LogP contribution < -0.4 is 22.1 Å². The van der Waals surface area contributed by atoms with Crippen LogP contribution in [0.25, 0.3) is 10.9 Å². The van der Waals surface area contributed by atoms with Crippen molar-refractivity contribution in [2.24, 2.45) is 16.5 Å². The van der Waals surface area contributed by atoms with Gasteiger partial charge in [0, 0.05) is 16.9 Å². The fourth-order valence-electron chi connectivity index (χ4n) is 4.82. The third kappa shape index (κ3) is 8.35. The molecule has 6 N–H and O–H groups in total. The number of aliphatic imine (C=N–C) groups is 1. The van der Waals surface area contributed by atoms with E-state index in [0.29, 0.717) is 4.68 Å². The van der Waals surface area contributed by atoms with Crippen LogP contribution in [0.3, 0.4) is 0 Å². The molecule has 0 bridgehead atoms. The molecule has 2 unspecified atom stereocenters. The molecule has 0 fully saturated rings. The molecule has 264 valence electrons. The average Bonchev–Trinajstić information content (AvgIpc) is 3.40. The summed E-state index contributed by atoms with van der Waals surface area (Å²) in [5.74, 6) is -10.2. The molecule has 0 saturated heterocycles. The van der Waals surface area contributed by atoms with Crippen molar-refractivity contribution in [1.29, 1.82) is 0 Å². The Morgan fingerprint density at radius 1 is 0.959 bits per heavy atom. The van der Waals surface area contributed by atoms with E-state index in [1.807, 2.05) is 0 Å². The van der Waals surface area contributed by atoms with Crippen LogP contribution in [-0.2, 0) is 31.5 Å². The minimum atomic E-state index is -5.75. The standard InChI is InChI=1S/C27H21F10N7O5/c28-14-7-40-24(41-8-14)43-17-3-11(21(38)46)4-18-16(17)9-42-44(18)20(22(39)47)15(6-19(45)49-23(48)27(35,36)37)10-1-12(25(29,30)31)5-13(2-10)26(32,33)34/h1-5,9,14-15,20H,6-8H2,(H2,38,46)(H2,39,47)(H2,40,41,43)/t15-,20?/m0/s1. The minimum Gasteiger partial charge on any atom is -0.386 e. The molecule has 2 heterocycles. The topological polar surface area (TPSA) is 184 Å². The van der Waals surface area contributed by atoms with E-state index in [4.69, 9.17) is 11.5 Å². The van der Waals surface area contributed by atoms with Crippen molar-refractivity contribution < 1.29 is 67.8 Å². The van der Waals surface area contributed by atoms with Crippen molar-refractivity contribution in [2.45, 2.75) is 43.1 Å². The lowest BCUT2D eigenvalue weighted by molar-refractivity contribution is -0.202. The summed E-state index contributed by atoms with van der Waals surface area (Å²) in [5, 5.41) is 9.24. The van der Waals surface area contributed by atoms with Crippen LogP contribution in [0.15, 0.2) is 41.5 Å². The predicted molar refractivity (Wildman–Crippen MR) is 146 cm³/mol. The van der Waals surface area contributed by atoms with Crippen molar-refractivity contribution in [1.82, 2.24) is 15.1 Å². The number of nitrogens with one attached hydrogen (secondary N) is 2. The van der Waals surface area contributed by atoms with Gasteiger partial charge in [0.15, 0.2) is 5.96 Å². The second kappa shape index (κ2) is 13.2. The molecule has 2 amide bonds. The van der Waals surface area contributed by atoms with E-state index in [1.54, 1.807) is 0 Å². The molecule has 0 radical (unpaired) electrons. The van der Waals surface area contributed by atoms with E-state index in [0.717, 1.165) is 18.3 Å². The lowest BCUT2D eigenvalue weighted by Crippen LogP contribution is -2.41.